The lowest BCUT2D eigenvalue weighted by Gasteiger charge is -2.21. The van der Waals surface area contributed by atoms with Crippen LogP contribution in [-0.4, -0.2) is 6.04 Å². The van der Waals surface area contributed by atoms with Gasteiger partial charge in [-0.25, -0.2) is 4.39 Å². The number of hydrogen-bond donors (Lipinski definition) is 1. The zero-order chi connectivity index (χ0) is 14.7. The molecule has 0 aliphatic heterocycles. The molecule has 0 spiro atoms. The number of rotatable bonds is 3. The number of nitrogens with one attached hydrogen (secondary N) is 1. The topological polar surface area (TPSA) is 12.0 Å². The molecule has 2 rings (SSSR count). The van der Waals surface area contributed by atoms with Crippen LogP contribution in [0, 0.1) is 24.6 Å². The molecular formula is C17H25BrFN. The third-order valence-electron chi connectivity index (χ3n) is 4.58. The molecule has 0 saturated heterocycles. The van der Waals surface area contributed by atoms with Gasteiger partial charge in [-0.2, -0.15) is 0 Å². The molecule has 1 aliphatic carbocycles. The predicted molar refractivity (Wildman–Crippen MR) is 87.7 cm³/mol. The van der Waals surface area contributed by atoms with Crippen molar-refractivity contribution < 1.29 is 4.39 Å². The first-order chi connectivity index (χ1) is 9.47. The van der Waals surface area contributed by atoms with E-state index >= 15 is 0 Å². The number of hydrogen-bond acceptors (Lipinski definition) is 1. The molecule has 1 aromatic carbocycles. The molecule has 1 nitrogen and oxygen atoms in total. The minimum absolute atomic E-state index is 0.188. The molecule has 0 heterocycles. The second-order valence-corrected chi connectivity index (χ2v) is 7.29. The van der Waals surface area contributed by atoms with Crippen LogP contribution in [0.25, 0.3) is 0 Å². The zero-order valence-corrected chi connectivity index (χ0v) is 14.3. The minimum atomic E-state index is -0.188. The molecule has 0 amide bonds. The van der Waals surface area contributed by atoms with Crippen molar-refractivity contribution in [3.8, 4) is 0 Å². The van der Waals surface area contributed by atoms with Crippen molar-refractivity contribution in [3.05, 3.63) is 28.0 Å². The van der Waals surface area contributed by atoms with E-state index in [1.807, 2.05) is 13.0 Å². The van der Waals surface area contributed by atoms with Crippen molar-refractivity contribution in [3.63, 3.8) is 0 Å². The highest BCUT2D eigenvalue weighted by Crippen LogP contribution is 2.31. The summed E-state index contributed by atoms with van der Waals surface area (Å²) in [5.41, 5.74) is 2.04. The van der Waals surface area contributed by atoms with E-state index in [4.69, 9.17) is 0 Å². The molecule has 1 fully saturated rings. The van der Waals surface area contributed by atoms with E-state index in [1.165, 1.54) is 32.1 Å². The largest absolute Gasteiger partial charge is 0.382 e. The van der Waals surface area contributed by atoms with Crippen molar-refractivity contribution in [1.29, 1.82) is 0 Å². The number of halogens is 2. The van der Waals surface area contributed by atoms with Crippen LogP contribution in [0.4, 0.5) is 10.1 Å². The Morgan fingerprint density at radius 3 is 2.65 bits per heavy atom. The first-order valence-corrected chi connectivity index (χ1v) is 8.49. The summed E-state index contributed by atoms with van der Waals surface area (Å²) >= 11 is 3.24. The van der Waals surface area contributed by atoms with Crippen LogP contribution in [-0.2, 0) is 0 Å². The molecule has 0 radical (unpaired) electrons. The lowest BCUT2D eigenvalue weighted by Crippen LogP contribution is -2.19. The van der Waals surface area contributed by atoms with E-state index in [1.54, 1.807) is 6.07 Å². The Kier molecular flexibility index (Phi) is 5.48. The van der Waals surface area contributed by atoms with Gasteiger partial charge in [0.2, 0.25) is 0 Å². The molecule has 2 atom stereocenters. The maximum absolute atomic E-state index is 13.7. The molecule has 1 N–H and O–H groups in total. The highest BCUT2D eigenvalue weighted by atomic mass is 79.9. The van der Waals surface area contributed by atoms with E-state index in [0.29, 0.717) is 10.5 Å². The fraction of sp³-hybridized carbons (Fsp3) is 0.647. The summed E-state index contributed by atoms with van der Waals surface area (Å²) in [6.45, 7) is 6.68. The van der Waals surface area contributed by atoms with Gasteiger partial charge in [0, 0.05) is 11.7 Å². The molecule has 1 aromatic rings. The minimum Gasteiger partial charge on any atom is -0.382 e. The summed E-state index contributed by atoms with van der Waals surface area (Å²) in [6.07, 6.45) is 6.29. The van der Waals surface area contributed by atoms with Gasteiger partial charge in [-0.15, -0.1) is 0 Å². The first kappa shape index (κ1) is 15.8. The van der Waals surface area contributed by atoms with E-state index in [2.05, 4.69) is 35.1 Å². The van der Waals surface area contributed by atoms with Crippen molar-refractivity contribution in [2.24, 2.45) is 11.8 Å². The SMILES string of the molecule is Cc1cc(Br)c(F)cc1NC1CCCC(C(C)C)CC1. The van der Waals surface area contributed by atoms with Crippen LogP contribution in [0.2, 0.25) is 0 Å². The van der Waals surface area contributed by atoms with Gasteiger partial charge in [-0.1, -0.05) is 26.7 Å². The van der Waals surface area contributed by atoms with Crippen LogP contribution >= 0.6 is 15.9 Å². The molecular weight excluding hydrogens is 317 g/mol. The van der Waals surface area contributed by atoms with Crippen molar-refractivity contribution >= 4 is 21.6 Å². The molecule has 2 unspecified atom stereocenters. The molecule has 1 saturated carbocycles. The molecule has 112 valence electrons. The fourth-order valence-electron chi connectivity index (χ4n) is 3.16. The summed E-state index contributed by atoms with van der Waals surface area (Å²) in [7, 11) is 0. The number of anilines is 1. The molecule has 1 aliphatic rings. The summed E-state index contributed by atoms with van der Waals surface area (Å²) < 4.78 is 14.2. The Morgan fingerprint density at radius 2 is 1.95 bits per heavy atom. The van der Waals surface area contributed by atoms with Crippen LogP contribution in [0.3, 0.4) is 0 Å². The highest BCUT2D eigenvalue weighted by Gasteiger charge is 2.21. The van der Waals surface area contributed by atoms with Gasteiger partial charge in [-0.05, 0) is 71.6 Å². The highest BCUT2D eigenvalue weighted by molar-refractivity contribution is 9.10. The quantitative estimate of drug-likeness (QED) is 0.673. The Balaban J connectivity index is 2.02. The third-order valence-corrected chi connectivity index (χ3v) is 5.19. The van der Waals surface area contributed by atoms with Crippen LogP contribution in [0.15, 0.2) is 16.6 Å². The monoisotopic (exact) mass is 341 g/mol. The lowest BCUT2D eigenvalue weighted by atomic mass is 9.89. The van der Waals surface area contributed by atoms with Gasteiger partial charge >= 0.3 is 0 Å². The maximum Gasteiger partial charge on any atom is 0.139 e. The predicted octanol–water partition coefficient (Wildman–Crippen LogP) is 5.91. The summed E-state index contributed by atoms with van der Waals surface area (Å²) in [5.74, 6) is 1.44. The Hall–Kier alpha value is -0.570. The van der Waals surface area contributed by atoms with Crippen LogP contribution < -0.4 is 5.32 Å². The van der Waals surface area contributed by atoms with Crippen molar-refractivity contribution in [1.82, 2.24) is 0 Å². The molecule has 0 aromatic heterocycles. The van der Waals surface area contributed by atoms with Crippen molar-refractivity contribution in [2.45, 2.75) is 58.9 Å². The van der Waals surface area contributed by atoms with E-state index in [0.717, 1.165) is 23.1 Å². The number of benzene rings is 1. The van der Waals surface area contributed by atoms with E-state index in [-0.39, 0.29) is 5.82 Å². The van der Waals surface area contributed by atoms with Gasteiger partial charge in [0.15, 0.2) is 0 Å². The Morgan fingerprint density at radius 1 is 1.20 bits per heavy atom. The second kappa shape index (κ2) is 6.93. The van der Waals surface area contributed by atoms with Gasteiger partial charge in [-0.3, -0.25) is 0 Å². The maximum atomic E-state index is 13.7. The van der Waals surface area contributed by atoms with E-state index in [9.17, 15) is 4.39 Å². The average molecular weight is 342 g/mol. The summed E-state index contributed by atoms with van der Waals surface area (Å²) in [4.78, 5) is 0. The number of aryl methyl sites for hydroxylation is 1. The Labute approximate surface area is 130 Å². The van der Waals surface area contributed by atoms with Gasteiger partial charge in [0.1, 0.15) is 5.82 Å². The Bertz CT molecular complexity index is 459. The summed E-state index contributed by atoms with van der Waals surface area (Å²) in [5, 5.41) is 3.56. The first-order valence-electron chi connectivity index (χ1n) is 7.69. The van der Waals surface area contributed by atoms with Gasteiger partial charge in [0.25, 0.3) is 0 Å². The standard InChI is InChI=1S/C17H25BrFN/c1-11(2)13-5-4-6-14(8-7-13)20-17-10-16(19)15(18)9-12(17)3/h9-11,13-14,20H,4-8H2,1-3H3. The zero-order valence-electron chi connectivity index (χ0n) is 12.7. The van der Waals surface area contributed by atoms with Gasteiger partial charge in [0.05, 0.1) is 4.47 Å². The molecule has 0 bridgehead atoms. The third kappa shape index (κ3) is 3.97. The smallest absolute Gasteiger partial charge is 0.139 e. The van der Waals surface area contributed by atoms with Gasteiger partial charge < -0.3 is 5.32 Å². The average Bonchev–Trinajstić information content (AvgIpc) is 2.61. The van der Waals surface area contributed by atoms with E-state index < -0.39 is 0 Å². The normalized spacial score (nSPS) is 23.7. The summed E-state index contributed by atoms with van der Waals surface area (Å²) in [6, 6.07) is 3.95. The van der Waals surface area contributed by atoms with Crippen molar-refractivity contribution in [2.75, 3.05) is 5.32 Å². The van der Waals surface area contributed by atoms with Crippen LogP contribution in [0.1, 0.15) is 51.5 Å². The second-order valence-electron chi connectivity index (χ2n) is 6.43. The fourth-order valence-corrected chi connectivity index (χ4v) is 3.62. The van der Waals surface area contributed by atoms with Crippen LogP contribution in [0.5, 0.6) is 0 Å². The molecule has 20 heavy (non-hydrogen) atoms. The molecule has 3 heteroatoms. The lowest BCUT2D eigenvalue weighted by molar-refractivity contribution is 0.341.